The van der Waals surface area contributed by atoms with E-state index < -0.39 is 5.97 Å². The highest BCUT2D eigenvalue weighted by molar-refractivity contribution is 6.35. The number of ether oxygens (including phenoxy) is 1. The third kappa shape index (κ3) is 6.00. The number of hydrogen-bond acceptors (Lipinski definition) is 4. The molecule has 138 valence electrons. The number of pyridine rings is 1. The largest absolute Gasteiger partial charge is 0.451 e. The molecule has 0 saturated carbocycles. The van der Waals surface area contributed by atoms with Gasteiger partial charge in [-0.3, -0.25) is 4.79 Å². The average molecular weight is 395 g/mol. The maximum Gasteiger partial charge on any atom is 0.357 e. The molecule has 1 aromatic carbocycles. The summed E-state index contributed by atoms with van der Waals surface area (Å²) in [5.41, 5.74) is 1.10. The molecule has 0 fully saturated rings. The summed E-state index contributed by atoms with van der Waals surface area (Å²) in [6, 6.07) is 10.2. The van der Waals surface area contributed by atoms with Crippen molar-refractivity contribution >= 4 is 35.1 Å². The molecule has 0 bridgehead atoms. The number of nitrogens with zero attached hydrogens (tertiary/aromatic N) is 1. The van der Waals surface area contributed by atoms with E-state index in [1.54, 1.807) is 24.3 Å². The summed E-state index contributed by atoms with van der Waals surface area (Å²) in [4.78, 5) is 27.7. The Bertz CT molecular complexity index is 754. The topological polar surface area (TPSA) is 68.3 Å². The minimum absolute atomic E-state index is 0.0557. The molecule has 5 nitrogen and oxygen atoms in total. The Balaban J connectivity index is 1.88. The lowest BCUT2D eigenvalue weighted by Crippen LogP contribution is -2.32. The van der Waals surface area contributed by atoms with Gasteiger partial charge in [-0.25, -0.2) is 9.78 Å². The van der Waals surface area contributed by atoms with Crippen molar-refractivity contribution in [2.24, 2.45) is 0 Å². The number of halogens is 2. The summed E-state index contributed by atoms with van der Waals surface area (Å²) in [5, 5.41) is 3.93. The van der Waals surface area contributed by atoms with Crippen molar-refractivity contribution in [3.8, 4) is 0 Å². The first kappa shape index (κ1) is 20.2. The number of nitrogens with one attached hydrogen (secondary N) is 1. The smallest absolute Gasteiger partial charge is 0.357 e. The molecule has 0 saturated heterocycles. The summed E-state index contributed by atoms with van der Waals surface area (Å²) in [7, 11) is 0. The SMILES string of the molecule is CCCC(CNC(=O)COC(=O)c1ccccn1)c1ccc(Cl)cc1Cl. The van der Waals surface area contributed by atoms with Crippen LogP contribution in [0.3, 0.4) is 0 Å². The van der Waals surface area contributed by atoms with Crippen molar-refractivity contribution in [2.45, 2.75) is 25.7 Å². The van der Waals surface area contributed by atoms with E-state index in [0.717, 1.165) is 18.4 Å². The van der Waals surface area contributed by atoms with Gasteiger partial charge in [-0.15, -0.1) is 0 Å². The molecule has 1 heterocycles. The Morgan fingerprint density at radius 1 is 1.23 bits per heavy atom. The fourth-order valence-electron chi connectivity index (χ4n) is 2.53. The number of hydrogen-bond donors (Lipinski definition) is 1. The molecular weight excluding hydrogens is 375 g/mol. The zero-order valence-electron chi connectivity index (χ0n) is 14.4. The van der Waals surface area contributed by atoms with Crippen molar-refractivity contribution in [1.29, 1.82) is 0 Å². The van der Waals surface area contributed by atoms with Crippen molar-refractivity contribution in [2.75, 3.05) is 13.2 Å². The Hall–Kier alpha value is -2.11. The second-order valence-electron chi connectivity index (χ2n) is 5.75. The van der Waals surface area contributed by atoms with Crippen molar-refractivity contribution in [3.63, 3.8) is 0 Å². The van der Waals surface area contributed by atoms with Gasteiger partial charge in [-0.05, 0) is 36.2 Å². The van der Waals surface area contributed by atoms with Gasteiger partial charge in [0.1, 0.15) is 5.69 Å². The van der Waals surface area contributed by atoms with Gasteiger partial charge in [0.25, 0.3) is 5.91 Å². The Morgan fingerprint density at radius 2 is 2.04 bits per heavy atom. The molecular formula is C19H20Cl2N2O3. The third-order valence-electron chi connectivity index (χ3n) is 3.79. The van der Waals surface area contributed by atoms with E-state index in [-0.39, 0.29) is 24.1 Å². The van der Waals surface area contributed by atoms with E-state index in [4.69, 9.17) is 27.9 Å². The van der Waals surface area contributed by atoms with Crippen LogP contribution in [-0.2, 0) is 9.53 Å². The fourth-order valence-corrected chi connectivity index (χ4v) is 3.09. The van der Waals surface area contributed by atoms with E-state index >= 15 is 0 Å². The maximum atomic E-state index is 12.0. The summed E-state index contributed by atoms with van der Waals surface area (Å²) in [6.45, 7) is 2.10. The van der Waals surface area contributed by atoms with Gasteiger partial charge in [-0.2, -0.15) is 0 Å². The number of rotatable bonds is 8. The van der Waals surface area contributed by atoms with Crippen molar-refractivity contribution in [3.05, 3.63) is 63.9 Å². The summed E-state index contributed by atoms with van der Waals surface area (Å²) >= 11 is 12.2. The zero-order chi connectivity index (χ0) is 18.9. The molecule has 0 radical (unpaired) electrons. The van der Waals surface area contributed by atoms with Gasteiger partial charge >= 0.3 is 5.97 Å². The predicted molar refractivity (Wildman–Crippen MR) is 102 cm³/mol. The summed E-state index contributed by atoms with van der Waals surface area (Å²) < 4.78 is 4.97. The van der Waals surface area contributed by atoms with Crippen LogP contribution in [0.2, 0.25) is 10.0 Å². The van der Waals surface area contributed by atoms with Gasteiger partial charge < -0.3 is 10.1 Å². The average Bonchev–Trinajstić information content (AvgIpc) is 2.64. The predicted octanol–water partition coefficient (Wildman–Crippen LogP) is 4.25. The standard InChI is InChI=1S/C19H20Cl2N2O3/c1-2-5-13(15-8-7-14(20)10-16(15)21)11-23-18(24)12-26-19(25)17-6-3-4-9-22-17/h3-4,6-10,13H,2,5,11-12H2,1H3,(H,23,24). The van der Waals surface area contributed by atoms with Gasteiger partial charge in [-0.1, -0.05) is 48.7 Å². The van der Waals surface area contributed by atoms with Crippen molar-refractivity contribution in [1.82, 2.24) is 10.3 Å². The van der Waals surface area contributed by atoms with Gasteiger partial charge in [0.05, 0.1) is 0 Å². The Morgan fingerprint density at radius 3 is 2.69 bits per heavy atom. The number of benzene rings is 1. The summed E-state index contributed by atoms with van der Waals surface area (Å²) in [5.74, 6) is -0.952. The molecule has 1 amide bonds. The van der Waals surface area contributed by atoms with Gasteiger partial charge in [0, 0.05) is 28.7 Å². The van der Waals surface area contributed by atoms with Crippen LogP contribution in [0, 0.1) is 0 Å². The molecule has 1 unspecified atom stereocenters. The molecule has 0 aliphatic heterocycles. The van der Waals surface area contributed by atoms with Crippen LogP contribution in [0.25, 0.3) is 0 Å². The molecule has 1 aromatic heterocycles. The quantitative estimate of drug-likeness (QED) is 0.679. The Kier molecular flexibility index (Phi) is 7.88. The lowest BCUT2D eigenvalue weighted by molar-refractivity contribution is -0.124. The molecule has 1 N–H and O–H groups in total. The molecule has 0 aliphatic rings. The first-order valence-electron chi connectivity index (χ1n) is 8.31. The third-order valence-corrected chi connectivity index (χ3v) is 4.36. The Labute approximate surface area is 162 Å². The van der Waals surface area contributed by atoms with Crippen LogP contribution in [0.5, 0.6) is 0 Å². The molecule has 1 atom stereocenters. The highest BCUT2D eigenvalue weighted by atomic mass is 35.5. The second-order valence-corrected chi connectivity index (χ2v) is 6.59. The van der Waals surface area contributed by atoms with Crippen molar-refractivity contribution < 1.29 is 14.3 Å². The van der Waals surface area contributed by atoms with E-state index in [1.807, 2.05) is 6.07 Å². The zero-order valence-corrected chi connectivity index (χ0v) is 15.9. The van der Waals surface area contributed by atoms with Crippen LogP contribution in [0.15, 0.2) is 42.6 Å². The normalized spacial score (nSPS) is 11.7. The number of aromatic nitrogens is 1. The minimum Gasteiger partial charge on any atom is -0.451 e. The van der Waals surface area contributed by atoms with E-state index in [2.05, 4.69) is 17.2 Å². The molecule has 7 heteroatoms. The maximum absolute atomic E-state index is 12.0. The summed E-state index contributed by atoms with van der Waals surface area (Å²) in [6.07, 6.45) is 3.28. The van der Waals surface area contributed by atoms with E-state index in [9.17, 15) is 9.59 Å². The van der Waals surface area contributed by atoms with Gasteiger partial charge in [0.2, 0.25) is 0 Å². The highest BCUT2D eigenvalue weighted by Gasteiger charge is 2.17. The molecule has 0 aliphatic carbocycles. The lowest BCUT2D eigenvalue weighted by atomic mass is 9.94. The minimum atomic E-state index is -0.633. The van der Waals surface area contributed by atoms with Crippen LogP contribution in [0.4, 0.5) is 0 Å². The van der Waals surface area contributed by atoms with Crippen LogP contribution >= 0.6 is 23.2 Å². The first-order chi connectivity index (χ1) is 12.5. The molecule has 0 spiro atoms. The van der Waals surface area contributed by atoms with E-state index in [0.29, 0.717) is 16.6 Å². The first-order valence-corrected chi connectivity index (χ1v) is 9.06. The number of carbonyl (C=O) groups is 2. The number of esters is 1. The van der Waals surface area contributed by atoms with Crippen LogP contribution in [-0.4, -0.2) is 30.0 Å². The van der Waals surface area contributed by atoms with Gasteiger partial charge in [0.15, 0.2) is 6.61 Å². The second kappa shape index (κ2) is 10.1. The van der Waals surface area contributed by atoms with Crippen LogP contribution in [0.1, 0.15) is 41.7 Å². The van der Waals surface area contributed by atoms with Crippen LogP contribution < -0.4 is 5.32 Å². The molecule has 2 aromatic rings. The number of carbonyl (C=O) groups excluding carboxylic acids is 2. The van der Waals surface area contributed by atoms with E-state index in [1.165, 1.54) is 12.3 Å². The lowest BCUT2D eigenvalue weighted by Gasteiger charge is -2.19. The monoisotopic (exact) mass is 394 g/mol. The highest BCUT2D eigenvalue weighted by Crippen LogP contribution is 2.30. The fraction of sp³-hybridized carbons (Fsp3) is 0.316. The molecule has 2 rings (SSSR count). The number of amides is 1. The molecule has 26 heavy (non-hydrogen) atoms.